The first-order chi connectivity index (χ1) is 15.0. The number of hydrogen-bond donors (Lipinski definition) is 1. The van der Waals surface area contributed by atoms with Crippen LogP contribution in [0.15, 0.2) is 40.1 Å². The quantitative estimate of drug-likeness (QED) is 0.392. The maximum absolute atomic E-state index is 13.9. The molecule has 1 aliphatic rings. The van der Waals surface area contributed by atoms with Crippen molar-refractivity contribution in [1.82, 2.24) is 14.8 Å². The Balaban J connectivity index is 1.55. The molecule has 31 heavy (non-hydrogen) atoms. The zero-order valence-corrected chi connectivity index (χ0v) is 17.6. The Morgan fingerprint density at radius 1 is 1.16 bits per heavy atom. The number of carbonyl (C=O) groups excluding carboxylic acids is 1. The number of nitrogens with one attached hydrogen (secondary N) is 1. The smallest absolute Gasteiger partial charge is 0.237 e. The summed E-state index contributed by atoms with van der Waals surface area (Å²) in [4.78, 5) is 12.6. The Morgan fingerprint density at radius 3 is 2.65 bits per heavy atom. The van der Waals surface area contributed by atoms with E-state index in [1.165, 1.54) is 18.2 Å². The third-order valence-electron chi connectivity index (χ3n) is 5.29. The summed E-state index contributed by atoms with van der Waals surface area (Å²) in [6.07, 6.45) is 6.87. The Kier molecular flexibility index (Phi) is 6.35. The molecule has 2 aromatic heterocycles. The summed E-state index contributed by atoms with van der Waals surface area (Å²) >= 11 is 1.17. The van der Waals surface area contributed by atoms with Crippen LogP contribution in [-0.2, 0) is 4.79 Å². The molecule has 1 N–H and O–H groups in total. The number of amides is 1. The molecule has 6 nitrogen and oxygen atoms in total. The number of furan rings is 1. The van der Waals surface area contributed by atoms with Gasteiger partial charge < -0.3 is 9.73 Å². The molecule has 3 aromatic rings. The summed E-state index contributed by atoms with van der Waals surface area (Å²) in [5.41, 5.74) is -0.415. The van der Waals surface area contributed by atoms with Crippen molar-refractivity contribution >= 4 is 23.4 Å². The summed E-state index contributed by atoms with van der Waals surface area (Å²) in [7, 11) is 0. The molecule has 1 amide bonds. The Bertz CT molecular complexity index is 1070. The standard InChI is InChI=1S/C21H21F3N4O2S/c1-12(20(29)25-15-10-9-14(22)17(23)18(15)24)31-21-27-26-19(16-8-5-11-30-16)28(21)13-6-3-2-4-7-13/h5,8-13H,2-4,6-7H2,1H3,(H,25,29)/t12-/m0/s1. The molecule has 1 atom stereocenters. The number of aromatic nitrogens is 3. The van der Waals surface area contributed by atoms with Crippen molar-refractivity contribution in [2.75, 3.05) is 5.32 Å². The fourth-order valence-corrected chi connectivity index (χ4v) is 4.59. The summed E-state index contributed by atoms with van der Waals surface area (Å²) in [6.45, 7) is 1.63. The van der Waals surface area contributed by atoms with E-state index in [1.54, 1.807) is 25.3 Å². The summed E-state index contributed by atoms with van der Waals surface area (Å²) in [5, 5.41) is 10.7. The van der Waals surface area contributed by atoms with Crippen LogP contribution in [0.5, 0.6) is 0 Å². The van der Waals surface area contributed by atoms with E-state index in [2.05, 4.69) is 15.5 Å². The van der Waals surface area contributed by atoms with Gasteiger partial charge in [0, 0.05) is 6.04 Å². The fraction of sp³-hybridized carbons (Fsp3) is 0.381. The van der Waals surface area contributed by atoms with Crippen LogP contribution in [0.25, 0.3) is 11.6 Å². The van der Waals surface area contributed by atoms with E-state index in [1.807, 2.05) is 4.57 Å². The molecular formula is C21H21F3N4O2S. The van der Waals surface area contributed by atoms with Crippen LogP contribution < -0.4 is 5.32 Å². The molecule has 0 aliphatic heterocycles. The highest BCUT2D eigenvalue weighted by Gasteiger charge is 2.28. The predicted molar refractivity (Wildman–Crippen MR) is 110 cm³/mol. The monoisotopic (exact) mass is 450 g/mol. The zero-order chi connectivity index (χ0) is 22.0. The molecule has 0 saturated heterocycles. The number of carbonyl (C=O) groups is 1. The second kappa shape index (κ2) is 9.17. The van der Waals surface area contributed by atoms with Crippen molar-refractivity contribution in [3.05, 3.63) is 48.0 Å². The normalized spacial score (nSPS) is 15.7. The van der Waals surface area contributed by atoms with E-state index < -0.39 is 34.3 Å². The van der Waals surface area contributed by atoms with Gasteiger partial charge in [-0.1, -0.05) is 31.0 Å². The lowest BCUT2D eigenvalue weighted by Crippen LogP contribution is -2.24. The molecule has 0 radical (unpaired) electrons. The molecule has 0 unspecified atom stereocenters. The van der Waals surface area contributed by atoms with Gasteiger partial charge in [-0.15, -0.1) is 10.2 Å². The largest absolute Gasteiger partial charge is 0.461 e. The third-order valence-corrected chi connectivity index (χ3v) is 6.35. The minimum absolute atomic E-state index is 0.185. The molecule has 164 valence electrons. The van der Waals surface area contributed by atoms with Crippen LogP contribution in [0.4, 0.5) is 18.9 Å². The average molecular weight is 450 g/mol. The lowest BCUT2D eigenvalue weighted by Gasteiger charge is -2.25. The summed E-state index contributed by atoms with van der Waals surface area (Å²) in [5.74, 6) is -3.75. The molecule has 10 heteroatoms. The van der Waals surface area contributed by atoms with Crippen molar-refractivity contribution in [1.29, 1.82) is 0 Å². The first-order valence-corrected chi connectivity index (χ1v) is 10.9. The van der Waals surface area contributed by atoms with Gasteiger partial charge in [0.1, 0.15) is 0 Å². The van der Waals surface area contributed by atoms with Crippen LogP contribution in [0.3, 0.4) is 0 Å². The van der Waals surface area contributed by atoms with Gasteiger partial charge in [0.05, 0.1) is 17.2 Å². The lowest BCUT2D eigenvalue weighted by atomic mass is 9.95. The molecule has 2 heterocycles. The van der Waals surface area contributed by atoms with Crippen LogP contribution >= 0.6 is 11.8 Å². The van der Waals surface area contributed by atoms with Crippen molar-refractivity contribution in [3.63, 3.8) is 0 Å². The first kappa shape index (κ1) is 21.5. The SMILES string of the molecule is C[C@H](Sc1nnc(-c2ccco2)n1C1CCCCC1)C(=O)Nc1ccc(F)c(F)c1F. The highest BCUT2D eigenvalue weighted by molar-refractivity contribution is 8.00. The van der Waals surface area contributed by atoms with Crippen LogP contribution in [-0.4, -0.2) is 25.9 Å². The van der Waals surface area contributed by atoms with Gasteiger partial charge in [0.15, 0.2) is 28.4 Å². The summed E-state index contributed by atoms with van der Waals surface area (Å²) < 4.78 is 48.0. The molecular weight excluding hydrogens is 429 g/mol. The number of anilines is 1. The number of hydrogen-bond acceptors (Lipinski definition) is 5. The Labute approximate surface area is 181 Å². The highest BCUT2D eigenvalue weighted by Crippen LogP contribution is 2.37. The van der Waals surface area contributed by atoms with Gasteiger partial charge in [0.2, 0.25) is 11.7 Å². The molecule has 1 fully saturated rings. The van der Waals surface area contributed by atoms with E-state index >= 15 is 0 Å². The van der Waals surface area contributed by atoms with E-state index in [0.29, 0.717) is 16.7 Å². The van der Waals surface area contributed by atoms with Gasteiger partial charge >= 0.3 is 0 Å². The molecule has 1 aliphatic carbocycles. The number of benzene rings is 1. The van der Waals surface area contributed by atoms with Gasteiger partial charge in [-0.2, -0.15) is 0 Å². The van der Waals surface area contributed by atoms with Crippen molar-refractivity contribution in [3.8, 4) is 11.6 Å². The van der Waals surface area contributed by atoms with E-state index in [0.717, 1.165) is 37.8 Å². The van der Waals surface area contributed by atoms with Crippen LogP contribution in [0.2, 0.25) is 0 Å². The number of nitrogens with zero attached hydrogens (tertiary/aromatic N) is 3. The molecule has 0 bridgehead atoms. The number of thioether (sulfide) groups is 1. The van der Waals surface area contributed by atoms with Gasteiger partial charge in [-0.25, -0.2) is 13.2 Å². The molecule has 0 spiro atoms. The number of halogens is 3. The third kappa shape index (κ3) is 4.48. The van der Waals surface area contributed by atoms with Crippen LogP contribution in [0.1, 0.15) is 45.1 Å². The topological polar surface area (TPSA) is 73.0 Å². The minimum atomic E-state index is -1.63. The lowest BCUT2D eigenvalue weighted by molar-refractivity contribution is -0.115. The second-order valence-corrected chi connectivity index (χ2v) is 8.73. The number of rotatable bonds is 6. The molecule has 1 aromatic carbocycles. The predicted octanol–water partition coefficient (Wildman–Crippen LogP) is 5.58. The molecule has 1 saturated carbocycles. The second-order valence-electron chi connectivity index (χ2n) is 7.42. The van der Waals surface area contributed by atoms with E-state index in [4.69, 9.17) is 4.42 Å². The van der Waals surface area contributed by atoms with Crippen molar-refractivity contribution in [2.24, 2.45) is 0 Å². The van der Waals surface area contributed by atoms with Gasteiger partial charge in [-0.3, -0.25) is 9.36 Å². The van der Waals surface area contributed by atoms with Gasteiger partial charge in [-0.05, 0) is 44.0 Å². The average Bonchev–Trinajstić information content (AvgIpc) is 3.44. The zero-order valence-electron chi connectivity index (χ0n) is 16.8. The van der Waals surface area contributed by atoms with E-state index in [-0.39, 0.29) is 6.04 Å². The fourth-order valence-electron chi connectivity index (χ4n) is 3.67. The van der Waals surface area contributed by atoms with Crippen molar-refractivity contribution in [2.45, 2.75) is 55.5 Å². The maximum Gasteiger partial charge on any atom is 0.237 e. The van der Waals surface area contributed by atoms with Gasteiger partial charge in [0.25, 0.3) is 0 Å². The minimum Gasteiger partial charge on any atom is -0.461 e. The first-order valence-electron chi connectivity index (χ1n) is 10.1. The summed E-state index contributed by atoms with van der Waals surface area (Å²) in [6, 6.07) is 5.52. The van der Waals surface area contributed by atoms with E-state index in [9.17, 15) is 18.0 Å². The Hall–Kier alpha value is -2.75. The highest BCUT2D eigenvalue weighted by atomic mass is 32.2. The molecule has 4 rings (SSSR count). The van der Waals surface area contributed by atoms with Crippen LogP contribution in [0, 0.1) is 17.5 Å². The Morgan fingerprint density at radius 2 is 1.94 bits per heavy atom. The van der Waals surface area contributed by atoms with Crippen molar-refractivity contribution < 1.29 is 22.4 Å². The maximum atomic E-state index is 13.9.